The Kier molecular flexibility index (Phi) is 3.35. The summed E-state index contributed by atoms with van der Waals surface area (Å²) in [7, 11) is -6.09. The van der Waals surface area contributed by atoms with Crippen LogP contribution >= 0.6 is 0 Å². The summed E-state index contributed by atoms with van der Waals surface area (Å²) in [5, 5.41) is 5.03. The Morgan fingerprint density at radius 2 is 1.89 bits per heavy atom. The van der Waals surface area contributed by atoms with Crippen molar-refractivity contribution in [2.45, 2.75) is 49.1 Å². The molecule has 0 spiro atoms. The lowest BCUT2D eigenvalue weighted by molar-refractivity contribution is -0.164. The molecule has 110 valence electrons. The van der Waals surface area contributed by atoms with Crippen LogP contribution in [0.5, 0.6) is 0 Å². The van der Waals surface area contributed by atoms with E-state index in [0.717, 1.165) is 12.8 Å². The first-order valence-electron chi connectivity index (χ1n) is 5.85. The SMILES string of the molecule is O=C(OC1CC1C1(O)CCCC1)C(F)(F)S(=O)(=O)[O-]. The molecule has 0 aliphatic heterocycles. The number of rotatable bonds is 4. The molecule has 19 heavy (non-hydrogen) atoms. The zero-order valence-electron chi connectivity index (χ0n) is 9.84. The van der Waals surface area contributed by atoms with Crippen LogP contribution in [-0.4, -0.2) is 41.0 Å². The quantitative estimate of drug-likeness (QED) is 0.594. The Bertz CT molecular complexity index is 482. The second kappa shape index (κ2) is 4.35. The van der Waals surface area contributed by atoms with E-state index in [1.165, 1.54) is 0 Å². The second-order valence-corrected chi connectivity index (χ2v) is 6.49. The molecule has 0 radical (unpaired) electrons. The molecule has 6 nitrogen and oxygen atoms in total. The van der Waals surface area contributed by atoms with Crippen LogP contribution in [0.3, 0.4) is 0 Å². The van der Waals surface area contributed by atoms with Crippen molar-refractivity contribution in [1.29, 1.82) is 0 Å². The van der Waals surface area contributed by atoms with Crippen molar-refractivity contribution >= 4 is 16.1 Å². The first-order chi connectivity index (χ1) is 8.58. The molecule has 0 aromatic carbocycles. The first-order valence-corrected chi connectivity index (χ1v) is 7.25. The molecule has 2 aliphatic carbocycles. The fourth-order valence-electron chi connectivity index (χ4n) is 2.53. The Morgan fingerprint density at radius 1 is 1.37 bits per heavy atom. The third kappa shape index (κ3) is 2.59. The molecular weight excluding hydrogens is 286 g/mol. The van der Waals surface area contributed by atoms with Crippen molar-refractivity contribution in [3.05, 3.63) is 0 Å². The van der Waals surface area contributed by atoms with Crippen LogP contribution in [0, 0.1) is 5.92 Å². The molecule has 2 saturated carbocycles. The van der Waals surface area contributed by atoms with Gasteiger partial charge in [0.2, 0.25) is 0 Å². The van der Waals surface area contributed by atoms with E-state index in [2.05, 4.69) is 4.74 Å². The van der Waals surface area contributed by atoms with Gasteiger partial charge < -0.3 is 14.4 Å². The lowest BCUT2D eigenvalue weighted by Gasteiger charge is -2.23. The normalized spacial score (nSPS) is 30.1. The summed E-state index contributed by atoms with van der Waals surface area (Å²) in [5.41, 5.74) is -1.03. The van der Waals surface area contributed by atoms with Gasteiger partial charge in [0.1, 0.15) is 6.10 Å². The monoisotopic (exact) mass is 299 g/mol. The average Bonchev–Trinajstić information content (AvgIpc) is 2.91. The highest BCUT2D eigenvalue weighted by molar-refractivity contribution is 7.87. The number of halogens is 2. The van der Waals surface area contributed by atoms with Crippen LogP contribution in [0.4, 0.5) is 8.78 Å². The Labute approximate surface area is 108 Å². The number of aliphatic hydroxyl groups is 1. The van der Waals surface area contributed by atoms with Crippen LogP contribution in [0.1, 0.15) is 32.1 Å². The Hall–Kier alpha value is -0.800. The molecular formula is C10H13F2O6S-. The van der Waals surface area contributed by atoms with Crippen LogP contribution in [0.15, 0.2) is 0 Å². The highest BCUT2D eigenvalue weighted by atomic mass is 32.2. The van der Waals surface area contributed by atoms with Crippen LogP contribution in [0.25, 0.3) is 0 Å². The predicted octanol–water partition coefficient (Wildman–Crippen LogP) is 0.361. The molecule has 0 aromatic rings. The average molecular weight is 299 g/mol. The van der Waals surface area contributed by atoms with Crippen LogP contribution in [-0.2, 0) is 19.6 Å². The molecule has 0 saturated heterocycles. The van der Waals surface area contributed by atoms with Crippen molar-refractivity contribution < 1.29 is 36.4 Å². The highest BCUT2D eigenvalue weighted by Gasteiger charge is 2.58. The Morgan fingerprint density at radius 3 is 2.37 bits per heavy atom. The first kappa shape index (κ1) is 14.6. The van der Waals surface area contributed by atoms with E-state index < -0.39 is 39.0 Å². The number of carbonyl (C=O) groups is 1. The van der Waals surface area contributed by atoms with Crippen LogP contribution in [0.2, 0.25) is 0 Å². The van der Waals surface area contributed by atoms with Gasteiger partial charge in [0, 0.05) is 5.92 Å². The number of hydrogen-bond acceptors (Lipinski definition) is 6. The Balaban J connectivity index is 1.96. The van der Waals surface area contributed by atoms with Crippen molar-refractivity contribution in [3.63, 3.8) is 0 Å². The van der Waals surface area contributed by atoms with Gasteiger partial charge in [-0.25, -0.2) is 13.2 Å². The minimum Gasteiger partial charge on any atom is -0.743 e. The molecule has 0 aromatic heterocycles. The summed E-state index contributed by atoms with van der Waals surface area (Å²) in [6.45, 7) is 0. The van der Waals surface area contributed by atoms with Gasteiger partial charge in [-0.15, -0.1) is 0 Å². The lowest BCUT2D eigenvalue weighted by atomic mass is 9.96. The number of carbonyl (C=O) groups excluding carboxylic acids is 1. The molecule has 0 bridgehead atoms. The third-order valence-electron chi connectivity index (χ3n) is 3.70. The van der Waals surface area contributed by atoms with Crippen LogP contribution < -0.4 is 0 Å². The summed E-state index contributed by atoms with van der Waals surface area (Å²) in [5.74, 6) is -2.82. The summed E-state index contributed by atoms with van der Waals surface area (Å²) in [6.07, 6.45) is 1.88. The summed E-state index contributed by atoms with van der Waals surface area (Å²) in [4.78, 5) is 11.0. The zero-order chi connectivity index (χ0) is 14.5. The zero-order valence-corrected chi connectivity index (χ0v) is 10.7. The lowest BCUT2D eigenvalue weighted by Crippen LogP contribution is -2.40. The molecule has 1 N–H and O–H groups in total. The van der Waals surface area contributed by atoms with Gasteiger partial charge in [0.05, 0.1) is 5.60 Å². The molecule has 2 unspecified atom stereocenters. The van der Waals surface area contributed by atoms with E-state index in [9.17, 15) is 31.7 Å². The van der Waals surface area contributed by atoms with Gasteiger partial charge in [-0.3, -0.25) is 0 Å². The summed E-state index contributed by atoms with van der Waals surface area (Å²) in [6, 6.07) is 0. The largest absolute Gasteiger partial charge is 0.743 e. The fraction of sp³-hybridized carbons (Fsp3) is 0.900. The minimum atomic E-state index is -6.09. The smallest absolute Gasteiger partial charge is 0.428 e. The maximum absolute atomic E-state index is 12.9. The van der Waals surface area contributed by atoms with Crippen molar-refractivity contribution in [2.24, 2.45) is 5.92 Å². The molecule has 2 rings (SSSR count). The fourth-order valence-corrected chi connectivity index (χ4v) is 2.79. The van der Waals surface area contributed by atoms with E-state index in [4.69, 9.17) is 0 Å². The summed E-state index contributed by atoms with van der Waals surface area (Å²) < 4.78 is 60.8. The van der Waals surface area contributed by atoms with E-state index >= 15 is 0 Å². The molecule has 0 amide bonds. The van der Waals surface area contributed by atoms with Gasteiger partial charge in [-0.1, -0.05) is 12.8 Å². The highest BCUT2D eigenvalue weighted by Crippen LogP contribution is 2.50. The topological polar surface area (TPSA) is 104 Å². The number of ether oxygens (including phenoxy) is 1. The van der Waals surface area contributed by atoms with Gasteiger partial charge in [0.25, 0.3) is 0 Å². The maximum Gasteiger partial charge on any atom is 0.428 e. The van der Waals surface area contributed by atoms with Gasteiger partial charge >= 0.3 is 11.2 Å². The van der Waals surface area contributed by atoms with Crippen molar-refractivity contribution in [1.82, 2.24) is 0 Å². The van der Waals surface area contributed by atoms with E-state index in [1.54, 1.807) is 0 Å². The number of hydrogen-bond donors (Lipinski definition) is 1. The van der Waals surface area contributed by atoms with E-state index in [-0.39, 0.29) is 6.42 Å². The maximum atomic E-state index is 12.9. The molecule has 9 heteroatoms. The molecule has 2 aliphatic rings. The van der Waals surface area contributed by atoms with Crippen molar-refractivity contribution in [2.75, 3.05) is 0 Å². The van der Waals surface area contributed by atoms with Gasteiger partial charge in [0.15, 0.2) is 10.1 Å². The molecule has 2 atom stereocenters. The van der Waals surface area contributed by atoms with E-state index in [0.29, 0.717) is 12.8 Å². The number of alkyl halides is 2. The third-order valence-corrected chi connectivity index (χ3v) is 4.50. The van der Waals surface area contributed by atoms with E-state index in [1.807, 2.05) is 0 Å². The van der Waals surface area contributed by atoms with Gasteiger partial charge in [-0.2, -0.15) is 8.78 Å². The second-order valence-electron chi connectivity index (χ2n) is 5.07. The standard InChI is InChI=1S/C10H14F2O6S/c11-10(12,19(15,16)17)8(13)18-7-5-6(7)9(14)3-1-2-4-9/h6-7,14H,1-5H2,(H,15,16,17)/p-1. The summed E-state index contributed by atoms with van der Waals surface area (Å²) >= 11 is 0. The van der Waals surface area contributed by atoms with Crippen molar-refractivity contribution in [3.8, 4) is 0 Å². The number of esters is 1. The predicted molar refractivity (Wildman–Crippen MR) is 56.0 cm³/mol. The van der Waals surface area contributed by atoms with Gasteiger partial charge in [-0.05, 0) is 19.3 Å². The molecule has 2 fully saturated rings. The molecule has 0 heterocycles. The minimum absolute atomic E-state index is 0.206.